The molecule has 1 heterocycles. The van der Waals surface area contributed by atoms with Crippen molar-refractivity contribution in [2.24, 2.45) is 0 Å². The molecule has 0 amide bonds. The van der Waals surface area contributed by atoms with Gasteiger partial charge in [0.15, 0.2) is 6.29 Å². The Morgan fingerprint density at radius 1 is 1.50 bits per heavy atom. The van der Waals surface area contributed by atoms with Crippen LogP contribution in [0.25, 0.3) is 0 Å². The topological polar surface area (TPSA) is 55.8 Å². The highest BCUT2D eigenvalue weighted by atomic mass is 16.7. The largest absolute Gasteiger partial charge is 0.481 e. The molecule has 0 spiro atoms. The summed E-state index contributed by atoms with van der Waals surface area (Å²) in [6, 6.07) is 7.78. The normalized spacial score (nSPS) is 24.6. The average molecular weight is 222 g/mol. The highest BCUT2D eigenvalue weighted by Crippen LogP contribution is 2.29. The zero-order valence-corrected chi connectivity index (χ0v) is 9.05. The first-order chi connectivity index (χ1) is 7.66. The minimum atomic E-state index is -0.862. The van der Waals surface area contributed by atoms with E-state index in [1.165, 1.54) is 0 Å². The van der Waals surface area contributed by atoms with Crippen LogP contribution >= 0.6 is 0 Å². The molecule has 1 fully saturated rings. The van der Waals surface area contributed by atoms with Gasteiger partial charge in [-0.1, -0.05) is 24.3 Å². The van der Waals surface area contributed by atoms with Crippen molar-refractivity contribution >= 4 is 5.97 Å². The highest BCUT2D eigenvalue weighted by Gasteiger charge is 2.29. The first-order valence-corrected chi connectivity index (χ1v) is 5.21. The molecule has 86 valence electrons. The monoisotopic (exact) mass is 222 g/mol. The van der Waals surface area contributed by atoms with Crippen LogP contribution in [0, 0.1) is 6.92 Å². The van der Waals surface area contributed by atoms with Crippen LogP contribution in [0.4, 0.5) is 0 Å². The van der Waals surface area contributed by atoms with E-state index in [2.05, 4.69) is 0 Å². The zero-order valence-electron chi connectivity index (χ0n) is 9.05. The molecule has 16 heavy (non-hydrogen) atoms. The first kappa shape index (κ1) is 11.1. The van der Waals surface area contributed by atoms with E-state index in [9.17, 15) is 4.79 Å². The highest BCUT2D eigenvalue weighted by molar-refractivity contribution is 5.67. The fourth-order valence-corrected chi connectivity index (χ4v) is 1.76. The van der Waals surface area contributed by atoms with Crippen molar-refractivity contribution in [3.63, 3.8) is 0 Å². The number of rotatable bonds is 3. The SMILES string of the molecule is Cc1ccccc1C1OCC(CC(=O)O)O1. The second-order valence-corrected chi connectivity index (χ2v) is 3.88. The molecule has 1 aliphatic heterocycles. The Hall–Kier alpha value is -1.39. The molecule has 2 atom stereocenters. The van der Waals surface area contributed by atoms with E-state index in [1.807, 2.05) is 31.2 Å². The second kappa shape index (κ2) is 4.63. The average Bonchev–Trinajstić information content (AvgIpc) is 2.66. The molecule has 2 rings (SSSR count). The third-order valence-corrected chi connectivity index (χ3v) is 2.59. The van der Waals surface area contributed by atoms with Crippen molar-refractivity contribution in [1.29, 1.82) is 0 Å². The van der Waals surface area contributed by atoms with Crippen molar-refractivity contribution in [3.05, 3.63) is 35.4 Å². The number of carbonyl (C=O) groups is 1. The van der Waals surface area contributed by atoms with Gasteiger partial charge in [-0.15, -0.1) is 0 Å². The molecule has 1 aromatic carbocycles. The van der Waals surface area contributed by atoms with Crippen molar-refractivity contribution in [2.45, 2.75) is 25.7 Å². The van der Waals surface area contributed by atoms with Gasteiger partial charge in [0.25, 0.3) is 0 Å². The molecule has 0 bridgehead atoms. The quantitative estimate of drug-likeness (QED) is 0.848. The zero-order chi connectivity index (χ0) is 11.5. The number of hydrogen-bond acceptors (Lipinski definition) is 3. The maximum Gasteiger partial charge on any atom is 0.306 e. The van der Waals surface area contributed by atoms with Crippen LogP contribution in [-0.4, -0.2) is 23.8 Å². The van der Waals surface area contributed by atoms with Crippen LogP contribution in [0.1, 0.15) is 23.8 Å². The fraction of sp³-hybridized carbons (Fsp3) is 0.417. The number of aryl methyl sites for hydroxylation is 1. The summed E-state index contributed by atoms with van der Waals surface area (Å²) in [6.07, 6.45) is -0.782. The molecule has 0 radical (unpaired) electrons. The number of aliphatic carboxylic acids is 1. The van der Waals surface area contributed by atoms with Gasteiger partial charge in [-0.2, -0.15) is 0 Å². The molecule has 0 aromatic heterocycles. The summed E-state index contributed by atoms with van der Waals surface area (Å²) in [5.74, 6) is -0.862. The van der Waals surface area contributed by atoms with E-state index in [-0.39, 0.29) is 12.5 Å². The van der Waals surface area contributed by atoms with Gasteiger partial charge in [0.05, 0.1) is 19.1 Å². The molecular weight excluding hydrogens is 208 g/mol. The maximum absolute atomic E-state index is 10.5. The van der Waals surface area contributed by atoms with E-state index in [0.29, 0.717) is 6.61 Å². The lowest BCUT2D eigenvalue weighted by atomic mass is 10.1. The maximum atomic E-state index is 10.5. The molecular formula is C12H14O4. The Labute approximate surface area is 93.8 Å². The van der Waals surface area contributed by atoms with Crippen LogP contribution in [0.15, 0.2) is 24.3 Å². The van der Waals surface area contributed by atoms with Gasteiger partial charge in [0, 0.05) is 5.56 Å². The molecule has 4 nitrogen and oxygen atoms in total. The van der Waals surface area contributed by atoms with Gasteiger partial charge < -0.3 is 14.6 Å². The molecule has 1 aliphatic rings. The van der Waals surface area contributed by atoms with Gasteiger partial charge in [0.1, 0.15) is 0 Å². The number of benzene rings is 1. The number of carboxylic acids is 1. The fourth-order valence-electron chi connectivity index (χ4n) is 1.76. The summed E-state index contributed by atoms with van der Waals surface area (Å²) < 4.78 is 11.0. The van der Waals surface area contributed by atoms with E-state index in [4.69, 9.17) is 14.6 Å². The van der Waals surface area contributed by atoms with E-state index in [0.717, 1.165) is 11.1 Å². The predicted molar refractivity (Wildman–Crippen MR) is 57.0 cm³/mol. The van der Waals surface area contributed by atoms with Gasteiger partial charge in [-0.05, 0) is 12.5 Å². The first-order valence-electron chi connectivity index (χ1n) is 5.21. The van der Waals surface area contributed by atoms with E-state index >= 15 is 0 Å². The van der Waals surface area contributed by atoms with Crippen LogP contribution in [0.5, 0.6) is 0 Å². The molecule has 0 aliphatic carbocycles. The van der Waals surface area contributed by atoms with Crippen LogP contribution in [0.2, 0.25) is 0 Å². The van der Waals surface area contributed by atoms with Crippen molar-refractivity contribution in [1.82, 2.24) is 0 Å². The molecule has 1 aromatic rings. The summed E-state index contributed by atoms with van der Waals surface area (Å²) in [6.45, 7) is 2.32. The summed E-state index contributed by atoms with van der Waals surface area (Å²) in [7, 11) is 0. The lowest BCUT2D eigenvalue weighted by molar-refractivity contribution is -0.140. The summed E-state index contributed by atoms with van der Waals surface area (Å²) >= 11 is 0. The van der Waals surface area contributed by atoms with Crippen molar-refractivity contribution in [2.75, 3.05) is 6.61 Å². The molecule has 1 N–H and O–H groups in total. The van der Waals surface area contributed by atoms with Gasteiger partial charge in [0.2, 0.25) is 0 Å². The number of carboxylic acid groups (broad SMARTS) is 1. The van der Waals surface area contributed by atoms with Gasteiger partial charge in [-0.25, -0.2) is 0 Å². The third kappa shape index (κ3) is 2.40. The smallest absolute Gasteiger partial charge is 0.306 e. The molecule has 2 unspecified atom stereocenters. The summed E-state index contributed by atoms with van der Waals surface area (Å²) in [5.41, 5.74) is 2.05. The van der Waals surface area contributed by atoms with Gasteiger partial charge >= 0.3 is 5.97 Å². The Kier molecular flexibility index (Phi) is 3.22. The van der Waals surface area contributed by atoms with Crippen molar-refractivity contribution < 1.29 is 19.4 Å². The summed E-state index contributed by atoms with van der Waals surface area (Å²) in [4.78, 5) is 10.5. The van der Waals surface area contributed by atoms with Gasteiger partial charge in [-0.3, -0.25) is 4.79 Å². The standard InChI is InChI=1S/C12H14O4/c1-8-4-2-3-5-10(8)12-15-7-9(16-12)6-11(13)14/h2-5,9,12H,6-7H2,1H3,(H,13,14). The predicted octanol–water partition coefficient (Wildman–Crippen LogP) is 1.88. The Morgan fingerprint density at radius 3 is 2.94 bits per heavy atom. The summed E-state index contributed by atoms with van der Waals surface area (Å²) in [5, 5.41) is 8.65. The van der Waals surface area contributed by atoms with Crippen LogP contribution in [0.3, 0.4) is 0 Å². The van der Waals surface area contributed by atoms with Crippen LogP contribution < -0.4 is 0 Å². The second-order valence-electron chi connectivity index (χ2n) is 3.88. The number of hydrogen-bond donors (Lipinski definition) is 1. The third-order valence-electron chi connectivity index (χ3n) is 2.59. The lowest BCUT2D eigenvalue weighted by Gasteiger charge is -2.12. The van der Waals surface area contributed by atoms with E-state index in [1.54, 1.807) is 0 Å². The number of ether oxygens (including phenoxy) is 2. The van der Waals surface area contributed by atoms with Crippen LogP contribution in [-0.2, 0) is 14.3 Å². The van der Waals surface area contributed by atoms with E-state index < -0.39 is 12.3 Å². The molecule has 1 saturated heterocycles. The minimum Gasteiger partial charge on any atom is -0.481 e. The Bertz CT molecular complexity index is 388. The lowest BCUT2D eigenvalue weighted by Crippen LogP contribution is -2.15. The van der Waals surface area contributed by atoms with Crippen molar-refractivity contribution in [3.8, 4) is 0 Å². The molecule has 4 heteroatoms. The Balaban J connectivity index is 2.04. The Morgan fingerprint density at radius 2 is 2.25 bits per heavy atom. The minimum absolute atomic E-state index is 0.0115. The molecule has 0 saturated carbocycles.